The number of carbonyl (C=O) groups excluding carboxylic acids is 5. The molecule has 0 bridgehead atoms. The van der Waals surface area contributed by atoms with E-state index < -0.39 is 48.0 Å². The van der Waals surface area contributed by atoms with Crippen LogP contribution in [0.3, 0.4) is 0 Å². The van der Waals surface area contributed by atoms with E-state index in [2.05, 4.69) is 5.32 Å². The molecule has 0 aliphatic heterocycles. The molecule has 0 aliphatic carbocycles. The van der Waals surface area contributed by atoms with Crippen LogP contribution in [0.25, 0.3) is 0 Å². The Balaban J connectivity index is 1.98. The molecular formula is C32H31NO13. The molecule has 3 aromatic rings. The van der Waals surface area contributed by atoms with Gasteiger partial charge in [0, 0.05) is 19.5 Å². The van der Waals surface area contributed by atoms with Gasteiger partial charge in [-0.3, -0.25) is 14.4 Å². The lowest BCUT2D eigenvalue weighted by Crippen LogP contribution is -2.48. The Morgan fingerprint density at radius 2 is 1.11 bits per heavy atom. The minimum absolute atomic E-state index is 0.0110. The highest BCUT2D eigenvalue weighted by molar-refractivity contribution is 6.01. The first-order chi connectivity index (χ1) is 21.7. The number of ether oxygens (including phenoxy) is 6. The number of anilines is 1. The van der Waals surface area contributed by atoms with Crippen molar-refractivity contribution in [2.24, 2.45) is 0 Å². The van der Waals surface area contributed by atoms with E-state index in [0.717, 1.165) is 37.1 Å². The van der Waals surface area contributed by atoms with Crippen LogP contribution in [0.15, 0.2) is 54.6 Å². The van der Waals surface area contributed by atoms with Crippen molar-refractivity contribution in [1.29, 1.82) is 0 Å². The summed E-state index contributed by atoms with van der Waals surface area (Å²) in [6.45, 7) is 5.96. The van der Waals surface area contributed by atoms with E-state index in [1.807, 2.05) is 6.92 Å². The van der Waals surface area contributed by atoms with E-state index >= 15 is 0 Å². The van der Waals surface area contributed by atoms with Gasteiger partial charge in [-0.25, -0.2) is 14.4 Å². The molecule has 46 heavy (non-hydrogen) atoms. The summed E-state index contributed by atoms with van der Waals surface area (Å²) < 4.78 is 30.9. The lowest BCUT2D eigenvalue weighted by Gasteiger charge is -2.24. The van der Waals surface area contributed by atoms with Crippen LogP contribution < -0.4 is 24.3 Å². The van der Waals surface area contributed by atoms with Gasteiger partial charge in [-0.2, -0.15) is 0 Å². The number of methoxy groups -OCH3 is 2. The van der Waals surface area contributed by atoms with E-state index in [1.54, 1.807) is 25.1 Å². The number of hydrogen-bond donors (Lipinski definition) is 2. The van der Waals surface area contributed by atoms with Crippen LogP contribution in [-0.2, 0) is 28.7 Å². The first-order valence-electron chi connectivity index (χ1n) is 13.5. The van der Waals surface area contributed by atoms with Crippen molar-refractivity contribution in [3.05, 3.63) is 76.9 Å². The van der Waals surface area contributed by atoms with Crippen molar-refractivity contribution in [3.63, 3.8) is 0 Å². The molecule has 0 radical (unpaired) electrons. The fourth-order valence-electron chi connectivity index (χ4n) is 3.96. The first kappa shape index (κ1) is 34.6. The average Bonchev–Trinajstić information content (AvgIpc) is 3.00. The Morgan fingerprint density at radius 3 is 1.52 bits per heavy atom. The Bertz CT molecular complexity index is 1680. The van der Waals surface area contributed by atoms with E-state index in [1.165, 1.54) is 38.5 Å². The summed E-state index contributed by atoms with van der Waals surface area (Å²) in [5, 5.41) is 12.6. The lowest BCUT2D eigenvalue weighted by molar-refractivity contribution is -0.157. The van der Waals surface area contributed by atoms with Crippen molar-refractivity contribution in [2.45, 2.75) is 39.9 Å². The van der Waals surface area contributed by atoms with Crippen LogP contribution in [0.1, 0.15) is 45.7 Å². The summed E-state index contributed by atoms with van der Waals surface area (Å²) in [5.41, 5.74) is 1.53. The van der Waals surface area contributed by atoms with Gasteiger partial charge in [0.2, 0.25) is 12.2 Å². The number of hydrogen-bond acceptors (Lipinski definition) is 12. The predicted octanol–water partition coefficient (Wildman–Crippen LogP) is 3.65. The highest BCUT2D eigenvalue weighted by Crippen LogP contribution is 2.30. The third-order valence-electron chi connectivity index (χ3n) is 6.33. The van der Waals surface area contributed by atoms with Crippen molar-refractivity contribution in [1.82, 2.24) is 0 Å². The van der Waals surface area contributed by atoms with Crippen LogP contribution >= 0.6 is 0 Å². The summed E-state index contributed by atoms with van der Waals surface area (Å²) >= 11 is 0. The maximum absolute atomic E-state index is 13.5. The number of rotatable bonds is 12. The standard InChI is InChI=1S/C32H31NO13/c1-16-7-10-22(13-17(16)2)33-29(36)27(45-31(39)20-8-11-23(43-18(3)34)25(14-20)41-5)28(30(37)38)46-32(40)21-9-12-24(44-19(4)35)26(15-21)42-6/h7-15,27-28H,1-6H3,(H,33,36)(H,37,38)/t27-,28-/m0/s1. The van der Waals surface area contributed by atoms with Gasteiger partial charge in [0.05, 0.1) is 25.3 Å². The quantitative estimate of drug-likeness (QED) is 0.216. The van der Waals surface area contributed by atoms with Crippen molar-refractivity contribution >= 4 is 41.4 Å². The van der Waals surface area contributed by atoms with Crippen LogP contribution in [-0.4, -0.2) is 67.3 Å². The summed E-state index contributed by atoms with van der Waals surface area (Å²) in [5.74, 6) is -6.77. The van der Waals surface area contributed by atoms with Crippen LogP contribution in [0.2, 0.25) is 0 Å². The largest absolute Gasteiger partial charge is 0.493 e. The van der Waals surface area contributed by atoms with E-state index in [9.17, 15) is 33.9 Å². The van der Waals surface area contributed by atoms with Crippen LogP contribution in [0.5, 0.6) is 23.0 Å². The van der Waals surface area contributed by atoms with Gasteiger partial charge in [0.25, 0.3) is 5.91 Å². The number of aryl methyl sites for hydroxylation is 2. The zero-order chi connectivity index (χ0) is 34.1. The zero-order valence-electron chi connectivity index (χ0n) is 25.7. The summed E-state index contributed by atoms with van der Waals surface area (Å²) in [6, 6.07) is 12.0. The number of carboxylic acids is 1. The van der Waals surface area contributed by atoms with Gasteiger partial charge in [-0.1, -0.05) is 6.07 Å². The molecule has 14 nitrogen and oxygen atoms in total. The second-order valence-corrected chi connectivity index (χ2v) is 9.70. The van der Waals surface area contributed by atoms with Crippen molar-refractivity contribution < 1.29 is 62.3 Å². The molecule has 2 N–H and O–H groups in total. The topological polar surface area (TPSA) is 190 Å². The van der Waals surface area contributed by atoms with Crippen LogP contribution in [0.4, 0.5) is 5.69 Å². The second kappa shape index (κ2) is 15.2. The van der Waals surface area contributed by atoms with E-state index in [4.69, 9.17) is 28.4 Å². The molecule has 0 saturated heterocycles. The van der Waals surface area contributed by atoms with E-state index in [0.29, 0.717) is 0 Å². The minimum atomic E-state index is -2.34. The van der Waals surface area contributed by atoms with Gasteiger partial charge in [-0.15, -0.1) is 0 Å². The fraction of sp³-hybridized carbons (Fsp3) is 0.250. The maximum Gasteiger partial charge on any atom is 0.349 e. The Labute approximate surface area is 263 Å². The third-order valence-corrected chi connectivity index (χ3v) is 6.33. The predicted molar refractivity (Wildman–Crippen MR) is 159 cm³/mol. The van der Waals surface area contributed by atoms with Crippen molar-refractivity contribution in [3.8, 4) is 23.0 Å². The van der Waals surface area contributed by atoms with Crippen molar-refractivity contribution in [2.75, 3.05) is 19.5 Å². The first-order valence-corrected chi connectivity index (χ1v) is 13.5. The average molecular weight is 638 g/mol. The summed E-state index contributed by atoms with van der Waals surface area (Å²) in [7, 11) is 2.50. The van der Waals surface area contributed by atoms with Gasteiger partial charge in [-0.05, 0) is 73.5 Å². The third kappa shape index (κ3) is 8.81. The normalized spacial score (nSPS) is 11.7. The number of carbonyl (C=O) groups is 6. The fourth-order valence-corrected chi connectivity index (χ4v) is 3.96. The minimum Gasteiger partial charge on any atom is -0.493 e. The zero-order valence-corrected chi connectivity index (χ0v) is 25.7. The highest BCUT2D eigenvalue weighted by Gasteiger charge is 2.41. The number of esters is 4. The number of aliphatic carboxylic acids is 1. The number of nitrogens with one attached hydrogen (secondary N) is 1. The molecule has 0 aromatic heterocycles. The molecule has 0 spiro atoms. The maximum atomic E-state index is 13.5. The van der Waals surface area contributed by atoms with Gasteiger partial charge >= 0.3 is 29.8 Å². The Morgan fingerprint density at radius 1 is 0.630 bits per heavy atom. The molecule has 14 heteroatoms. The molecule has 1 amide bonds. The Kier molecular flexibility index (Phi) is 11.4. The van der Waals surface area contributed by atoms with Crippen LogP contribution in [0, 0.1) is 13.8 Å². The highest BCUT2D eigenvalue weighted by atomic mass is 16.6. The molecule has 0 unspecified atom stereocenters. The van der Waals surface area contributed by atoms with Gasteiger partial charge in [0.15, 0.2) is 23.0 Å². The molecule has 242 valence electrons. The SMILES string of the molecule is COc1cc(C(=O)O[C@H](C(=O)O)[C@H](OC(=O)c2ccc(OC(C)=O)c(OC)c2)C(=O)Nc2ccc(C)c(C)c2)ccc1OC(C)=O. The number of benzene rings is 3. The molecule has 3 rings (SSSR count). The molecule has 0 heterocycles. The number of amides is 1. The molecule has 3 aromatic carbocycles. The molecule has 0 aliphatic rings. The summed E-state index contributed by atoms with van der Waals surface area (Å²) in [4.78, 5) is 75.0. The van der Waals surface area contributed by atoms with Gasteiger partial charge in [0.1, 0.15) is 0 Å². The van der Waals surface area contributed by atoms with E-state index in [-0.39, 0.29) is 39.8 Å². The smallest absolute Gasteiger partial charge is 0.349 e. The molecule has 0 fully saturated rings. The lowest BCUT2D eigenvalue weighted by atomic mass is 10.1. The second-order valence-electron chi connectivity index (χ2n) is 9.70. The molecule has 2 atom stereocenters. The molecular weight excluding hydrogens is 606 g/mol. The molecule has 0 saturated carbocycles. The monoisotopic (exact) mass is 637 g/mol. The Hall–Kier alpha value is -5.92. The van der Waals surface area contributed by atoms with Gasteiger partial charge < -0.3 is 38.8 Å². The number of carboxylic acid groups (broad SMARTS) is 1. The summed E-state index contributed by atoms with van der Waals surface area (Å²) in [6.07, 6.45) is -4.55.